The van der Waals surface area contributed by atoms with Gasteiger partial charge in [0, 0.05) is 6.61 Å². The molecule has 2 unspecified atom stereocenters. The zero-order chi connectivity index (χ0) is 23.1. The summed E-state index contributed by atoms with van der Waals surface area (Å²) >= 11 is 0. The van der Waals surface area contributed by atoms with Crippen LogP contribution in [0.5, 0.6) is 5.75 Å². The molecule has 9 heteroatoms. The Morgan fingerprint density at radius 1 is 1.12 bits per heavy atom. The minimum Gasteiger partial charge on any atom is -0.497 e. The molecule has 0 spiro atoms. The van der Waals surface area contributed by atoms with Crippen molar-refractivity contribution in [2.24, 2.45) is 11.8 Å². The van der Waals surface area contributed by atoms with Crippen LogP contribution in [0.3, 0.4) is 0 Å². The van der Waals surface area contributed by atoms with E-state index >= 15 is 0 Å². The van der Waals surface area contributed by atoms with E-state index in [0.29, 0.717) is 31.8 Å². The van der Waals surface area contributed by atoms with Crippen LogP contribution in [0.15, 0.2) is 24.3 Å². The lowest BCUT2D eigenvalue weighted by Crippen LogP contribution is -2.51. The van der Waals surface area contributed by atoms with Crippen molar-refractivity contribution in [3.8, 4) is 5.75 Å². The SMILES string of the molecule is COc1ccc(CC(C2CCCCC2)S(=O)(=O)NC(=O)[C@@H](C)NC(=O)C2CCOC2)cc1. The molecule has 2 aliphatic rings. The summed E-state index contributed by atoms with van der Waals surface area (Å²) in [4.78, 5) is 24.9. The van der Waals surface area contributed by atoms with Crippen molar-refractivity contribution in [1.29, 1.82) is 0 Å². The van der Waals surface area contributed by atoms with E-state index in [9.17, 15) is 18.0 Å². The lowest BCUT2D eigenvalue weighted by Gasteiger charge is -2.30. The van der Waals surface area contributed by atoms with Crippen molar-refractivity contribution in [3.63, 3.8) is 0 Å². The van der Waals surface area contributed by atoms with E-state index in [1.165, 1.54) is 6.92 Å². The van der Waals surface area contributed by atoms with E-state index in [4.69, 9.17) is 9.47 Å². The van der Waals surface area contributed by atoms with Crippen LogP contribution in [-0.4, -0.2) is 51.8 Å². The third-order valence-electron chi connectivity index (χ3n) is 6.47. The Balaban J connectivity index is 1.69. The molecule has 2 amide bonds. The number of hydrogen-bond acceptors (Lipinski definition) is 6. The van der Waals surface area contributed by atoms with E-state index in [2.05, 4.69) is 10.0 Å². The Hall–Kier alpha value is -2.13. The van der Waals surface area contributed by atoms with Crippen molar-refractivity contribution in [2.75, 3.05) is 20.3 Å². The number of rotatable bonds is 9. The molecule has 0 radical (unpaired) electrons. The maximum Gasteiger partial charge on any atom is 0.255 e. The van der Waals surface area contributed by atoms with Gasteiger partial charge < -0.3 is 14.8 Å². The van der Waals surface area contributed by atoms with E-state index in [-0.39, 0.29) is 17.7 Å². The summed E-state index contributed by atoms with van der Waals surface area (Å²) in [6.45, 7) is 2.34. The number of carbonyl (C=O) groups is 2. The number of methoxy groups -OCH3 is 1. The van der Waals surface area contributed by atoms with Gasteiger partial charge in [-0.25, -0.2) is 8.42 Å². The highest BCUT2D eigenvalue weighted by molar-refractivity contribution is 7.90. The minimum atomic E-state index is -3.94. The maximum atomic E-state index is 13.3. The summed E-state index contributed by atoms with van der Waals surface area (Å²) in [5.74, 6) is -0.614. The maximum absolute atomic E-state index is 13.3. The summed E-state index contributed by atoms with van der Waals surface area (Å²) in [6.07, 6.45) is 5.65. The van der Waals surface area contributed by atoms with E-state index in [1.54, 1.807) is 7.11 Å². The molecular formula is C23H34N2O6S. The fraction of sp³-hybridized carbons (Fsp3) is 0.652. The quantitative estimate of drug-likeness (QED) is 0.577. The molecule has 3 atom stereocenters. The van der Waals surface area contributed by atoms with Crippen LogP contribution in [0.2, 0.25) is 0 Å². The molecule has 178 valence electrons. The molecule has 1 aromatic rings. The first-order valence-corrected chi connectivity index (χ1v) is 12.9. The summed E-state index contributed by atoms with van der Waals surface area (Å²) in [7, 11) is -2.36. The summed E-state index contributed by atoms with van der Waals surface area (Å²) in [6, 6.07) is 6.38. The van der Waals surface area contributed by atoms with Crippen molar-refractivity contribution < 1.29 is 27.5 Å². The van der Waals surface area contributed by atoms with Crippen molar-refractivity contribution in [3.05, 3.63) is 29.8 Å². The van der Waals surface area contributed by atoms with E-state index < -0.39 is 27.2 Å². The fourth-order valence-electron chi connectivity index (χ4n) is 4.47. The molecule has 3 rings (SSSR count). The van der Waals surface area contributed by atoms with Gasteiger partial charge in [0.15, 0.2) is 0 Å². The van der Waals surface area contributed by atoms with Crippen LogP contribution in [0.25, 0.3) is 0 Å². The molecule has 8 nitrogen and oxygen atoms in total. The highest BCUT2D eigenvalue weighted by atomic mass is 32.2. The van der Waals surface area contributed by atoms with Crippen LogP contribution in [-0.2, 0) is 30.8 Å². The zero-order valence-corrected chi connectivity index (χ0v) is 19.7. The Morgan fingerprint density at radius 2 is 1.81 bits per heavy atom. The number of carbonyl (C=O) groups excluding carboxylic acids is 2. The van der Waals surface area contributed by atoms with E-state index in [0.717, 1.165) is 37.7 Å². The lowest BCUT2D eigenvalue weighted by atomic mass is 9.85. The molecular weight excluding hydrogens is 432 g/mol. The normalized spacial score (nSPS) is 21.5. The summed E-state index contributed by atoms with van der Waals surface area (Å²) in [5, 5.41) is 1.90. The first kappa shape index (κ1) is 24.5. The van der Waals surface area contributed by atoms with Gasteiger partial charge in [0.05, 0.1) is 24.9 Å². The smallest absolute Gasteiger partial charge is 0.255 e. The second kappa shape index (κ2) is 11.1. The van der Waals surface area contributed by atoms with E-state index in [1.807, 2.05) is 24.3 Å². The van der Waals surface area contributed by atoms with Crippen molar-refractivity contribution >= 4 is 21.8 Å². The molecule has 2 N–H and O–H groups in total. The average molecular weight is 467 g/mol. The molecule has 1 aromatic carbocycles. The Labute approximate surface area is 190 Å². The van der Waals surface area contributed by atoms with Gasteiger partial charge in [-0.2, -0.15) is 0 Å². The molecule has 2 fully saturated rings. The molecule has 32 heavy (non-hydrogen) atoms. The predicted molar refractivity (Wildman–Crippen MR) is 121 cm³/mol. The van der Waals surface area contributed by atoms with Crippen molar-refractivity contribution in [1.82, 2.24) is 10.0 Å². The van der Waals surface area contributed by atoms with Crippen LogP contribution in [0.1, 0.15) is 51.0 Å². The predicted octanol–water partition coefficient (Wildman–Crippen LogP) is 2.17. The average Bonchev–Trinajstić information content (AvgIpc) is 3.33. The fourth-order valence-corrected chi connectivity index (χ4v) is 6.27. The highest BCUT2D eigenvalue weighted by Gasteiger charge is 2.36. The van der Waals surface area contributed by atoms with Gasteiger partial charge in [-0.15, -0.1) is 0 Å². The van der Waals surface area contributed by atoms with Gasteiger partial charge in [0.2, 0.25) is 15.9 Å². The van der Waals surface area contributed by atoms with Gasteiger partial charge in [-0.3, -0.25) is 14.3 Å². The van der Waals surface area contributed by atoms with Crippen LogP contribution in [0, 0.1) is 11.8 Å². The van der Waals surface area contributed by atoms with Crippen LogP contribution >= 0.6 is 0 Å². The number of sulfonamides is 1. The molecule has 1 saturated carbocycles. The molecule has 1 heterocycles. The molecule has 1 aliphatic carbocycles. The summed E-state index contributed by atoms with van der Waals surface area (Å²) in [5.41, 5.74) is 0.877. The lowest BCUT2D eigenvalue weighted by molar-refractivity contribution is -0.130. The molecule has 0 bridgehead atoms. The standard InChI is InChI=1S/C23H34N2O6S/c1-16(24-23(27)19-12-13-31-15-19)22(26)25-32(28,29)21(18-6-4-3-5-7-18)14-17-8-10-20(30-2)11-9-17/h8-11,16,18-19,21H,3-7,12-15H2,1-2H3,(H,24,27)(H,25,26)/t16-,19?,21?/m1/s1. The number of hydrogen-bond donors (Lipinski definition) is 2. The largest absolute Gasteiger partial charge is 0.497 e. The molecule has 1 aliphatic heterocycles. The first-order valence-electron chi connectivity index (χ1n) is 11.4. The van der Waals surface area contributed by atoms with Gasteiger partial charge >= 0.3 is 0 Å². The van der Waals surface area contributed by atoms with Crippen LogP contribution in [0.4, 0.5) is 0 Å². The van der Waals surface area contributed by atoms with Gasteiger partial charge in [0.1, 0.15) is 11.8 Å². The monoisotopic (exact) mass is 466 g/mol. The second-order valence-corrected chi connectivity index (χ2v) is 10.7. The van der Waals surface area contributed by atoms with Gasteiger partial charge in [-0.05, 0) is 56.2 Å². The number of amides is 2. The van der Waals surface area contributed by atoms with Crippen molar-refractivity contribution in [2.45, 2.75) is 63.2 Å². The molecule has 1 saturated heterocycles. The molecule has 0 aromatic heterocycles. The Bertz CT molecular complexity index is 874. The summed E-state index contributed by atoms with van der Waals surface area (Å²) < 4.78 is 39.3. The Morgan fingerprint density at radius 3 is 2.41 bits per heavy atom. The second-order valence-electron chi connectivity index (χ2n) is 8.79. The van der Waals surface area contributed by atoms with Gasteiger partial charge in [0.25, 0.3) is 5.91 Å². The topological polar surface area (TPSA) is 111 Å². The third kappa shape index (κ3) is 6.45. The number of benzene rings is 1. The first-order chi connectivity index (χ1) is 15.3. The third-order valence-corrected chi connectivity index (χ3v) is 8.30. The highest BCUT2D eigenvalue weighted by Crippen LogP contribution is 2.32. The number of ether oxygens (including phenoxy) is 2. The van der Waals surface area contributed by atoms with Crippen LogP contribution < -0.4 is 14.8 Å². The number of nitrogens with one attached hydrogen (secondary N) is 2. The Kier molecular flexibility index (Phi) is 8.53. The zero-order valence-electron chi connectivity index (χ0n) is 18.8. The van der Waals surface area contributed by atoms with Gasteiger partial charge in [-0.1, -0.05) is 31.4 Å². The minimum absolute atomic E-state index is 0.0170.